The predicted octanol–water partition coefficient (Wildman–Crippen LogP) is 2.04. The summed E-state index contributed by atoms with van der Waals surface area (Å²) in [5.74, 6) is 6.54. The third-order valence-electron chi connectivity index (χ3n) is 3.73. The molecule has 1 aliphatic rings. The molecule has 0 aromatic carbocycles. The van der Waals surface area contributed by atoms with E-state index in [0.29, 0.717) is 0 Å². The Labute approximate surface area is 103 Å². The molecule has 4 nitrogen and oxygen atoms in total. The molecule has 0 aliphatic heterocycles. The number of hydrazine groups is 1. The minimum atomic E-state index is 0.226. The van der Waals surface area contributed by atoms with E-state index >= 15 is 0 Å². The van der Waals surface area contributed by atoms with Crippen LogP contribution in [0.25, 0.3) is 0 Å². The van der Waals surface area contributed by atoms with Crippen molar-refractivity contribution < 1.29 is 0 Å². The van der Waals surface area contributed by atoms with Crippen molar-refractivity contribution in [1.29, 1.82) is 0 Å². The summed E-state index contributed by atoms with van der Waals surface area (Å²) in [5, 5.41) is 8.39. The Hall–Kier alpha value is -1.00. The molecular formula is C13H22N4. The topological polar surface area (TPSA) is 63.8 Å². The van der Waals surface area contributed by atoms with Gasteiger partial charge in [0.1, 0.15) is 0 Å². The second-order valence-electron chi connectivity index (χ2n) is 4.99. The summed E-state index contributed by atoms with van der Waals surface area (Å²) in [6, 6.07) is 2.35. The maximum Gasteiger partial charge on any atom is 0.0676 e. The zero-order valence-electron chi connectivity index (χ0n) is 10.7. The molecule has 4 heteroatoms. The number of nitrogens with two attached hydrogens (primary N) is 1. The minimum Gasteiger partial charge on any atom is -0.271 e. The molecule has 1 saturated carbocycles. The second kappa shape index (κ2) is 5.56. The highest BCUT2D eigenvalue weighted by molar-refractivity contribution is 5.24. The maximum absolute atomic E-state index is 5.71. The molecule has 1 heterocycles. The van der Waals surface area contributed by atoms with Gasteiger partial charge in [-0.15, -0.1) is 0 Å². The first kappa shape index (κ1) is 12.5. The number of nitrogens with one attached hydrogen (secondary N) is 1. The summed E-state index contributed by atoms with van der Waals surface area (Å²) < 4.78 is 0. The third kappa shape index (κ3) is 2.82. The average Bonchev–Trinajstić information content (AvgIpc) is 2.28. The number of aromatic nitrogens is 2. The highest BCUT2D eigenvalue weighted by atomic mass is 15.2. The van der Waals surface area contributed by atoms with Crippen LogP contribution in [0.15, 0.2) is 6.07 Å². The molecule has 1 aromatic rings. The number of nitrogens with zero attached hydrogens (tertiary/aromatic N) is 2. The molecule has 1 fully saturated rings. The van der Waals surface area contributed by atoms with Gasteiger partial charge in [0.2, 0.25) is 0 Å². The van der Waals surface area contributed by atoms with E-state index in [1.807, 2.05) is 6.92 Å². The number of hydrogen-bond acceptors (Lipinski definition) is 4. The molecule has 1 aliphatic carbocycles. The molecule has 3 N–H and O–H groups in total. The van der Waals surface area contributed by atoms with Crippen LogP contribution in [0.1, 0.15) is 55.6 Å². The summed E-state index contributed by atoms with van der Waals surface area (Å²) >= 11 is 0. The van der Waals surface area contributed by atoms with Gasteiger partial charge in [0.05, 0.1) is 11.4 Å². The van der Waals surface area contributed by atoms with Gasteiger partial charge in [0.15, 0.2) is 0 Å². The standard InChI is InChI=1S/C13H22N4/c1-3-12-11(7-9(2)16-17-12)13(15-14)8-10-5-4-6-10/h7,10,13,15H,3-6,8,14H2,1-2H3. The van der Waals surface area contributed by atoms with E-state index in [4.69, 9.17) is 5.84 Å². The molecule has 17 heavy (non-hydrogen) atoms. The van der Waals surface area contributed by atoms with E-state index in [9.17, 15) is 0 Å². The van der Waals surface area contributed by atoms with Crippen molar-refractivity contribution in [2.24, 2.45) is 11.8 Å². The zero-order valence-corrected chi connectivity index (χ0v) is 10.7. The van der Waals surface area contributed by atoms with Gasteiger partial charge in [-0.3, -0.25) is 11.3 Å². The maximum atomic E-state index is 5.71. The van der Waals surface area contributed by atoms with E-state index in [1.165, 1.54) is 24.8 Å². The average molecular weight is 234 g/mol. The highest BCUT2D eigenvalue weighted by Crippen LogP contribution is 2.35. The van der Waals surface area contributed by atoms with Crippen molar-refractivity contribution in [2.75, 3.05) is 0 Å². The van der Waals surface area contributed by atoms with Crippen LogP contribution in [-0.4, -0.2) is 10.2 Å². The molecule has 0 radical (unpaired) electrons. The van der Waals surface area contributed by atoms with Crippen LogP contribution in [0.4, 0.5) is 0 Å². The van der Waals surface area contributed by atoms with Crippen LogP contribution in [0.3, 0.4) is 0 Å². The molecule has 1 atom stereocenters. The molecule has 0 saturated heterocycles. The van der Waals surface area contributed by atoms with Crippen LogP contribution < -0.4 is 11.3 Å². The van der Waals surface area contributed by atoms with Crippen molar-refractivity contribution >= 4 is 0 Å². The Morgan fingerprint density at radius 2 is 2.24 bits per heavy atom. The molecule has 94 valence electrons. The quantitative estimate of drug-likeness (QED) is 0.604. The van der Waals surface area contributed by atoms with Crippen LogP contribution in [-0.2, 0) is 6.42 Å². The predicted molar refractivity (Wildman–Crippen MR) is 68.2 cm³/mol. The fourth-order valence-corrected chi connectivity index (χ4v) is 2.46. The van der Waals surface area contributed by atoms with Gasteiger partial charge >= 0.3 is 0 Å². The van der Waals surface area contributed by atoms with Crippen LogP contribution in [0, 0.1) is 12.8 Å². The summed E-state index contributed by atoms with van der Waals surface area (Å²) in [6.07, 6.45) is 6.09. The lowest BCUT2D eigenvalue weighted by atomic mass is 9.79. The molecule has 1 aromatic heterocycles. The number of aryl methyl sites for hydroxylation is 2. The molecule has 0 bridgehead atoms. The monoisotopic (exact) mass is 234 g/mol. The Morgan fingerprint density at radius 3 is 2.76 bits per heavy atom. The minimum absolute atomic E-state index is 0.226. The van der Waals surface area contributed by atoms with E-state index in [0.717, 1.165) is 30.1 Å². The van der Waals surface area contributed by atoms with E-state index in [1.54, 1.807) is 0 Å². The van der Waals surface area contributed by atoms with Gasteiger partial charge in [-0.05, 0) is 37.3 Å². The first-order valence-electron chi connectivity index (χ1n) is 6.53. The Balaban J connectivity index is 2.18. The molecule has 0 spiro atoms. The summed E-state index contributed by atoms with van der Waals surface area (Å²) in [7, 11) is 0. The van der Waals surface area contributed by atoms with E-state index in [-0.39, 0.29) is 6.04 Å². The van der Waals surface area contributed by atoms with Gasteiger partial charge in [-0.1, -0.05) is 26.2 Å². The largest absolute Gasteiger partial charge is 0.271 e. The lowest BCUT2D eigenvalue weighted by Crippen LogP contribution is -2.32. The van der Waals surface area contributed by atoms with Gasteiger partial charge in [-0.2, -0.15) is 10.2 Å². The Morgan fingerprint density at radius 1 is 1.47 bits per heavy atom. The zero-order chi connectivity index (χ0) is 12.3. The van der Waals surface area contributed by atoms with Crippen molar-refractivity contribution in [1.82, 2.24) is 15.6 Å². The van der Waals surface area contributed by atoms with Crippen LogP contribution >= 0.6 is 0 Å². The summed E-state index contributed by atoms with van der Waals surface area (Å²) in [6.45, 7) is 4.09. The second-order valence-corrected chi connectivity index (χ2v) is 4.99. The smallest absolute Gasteiger partial charge is 0.0676 e. The first-order chi connectivity index (χ1) is 8.24. The number of rotatable bonds is 5. The normalized spacial score (nSPS) is 17.8. The lowest BCUT2D eigenvalue weighted by molar-refractivity contribution is 0.261. The van der Waals surface area contributed by atoms with Gasteiger partial charge in [0, 0.05) is 6.04 Å². The molecular weight excluding hydrogens is 212 g/mol. The number of hydrogen-bond donors (Lipinski definition) is 2. The van der Waals surface area contributed by atoms with Crippen molar-refractivity contribution in [2.45, 2.75) is 52.0 Å². The van der Waals surface area contributed by atoms with Crippen molar-refractivity contribution in [3.8, 4) is 0 Å². The summed E-state index contributed by atoms with van der Waals surface area (Å²) in [4.78, 5) is 0. The lowest BCUT2D eigenvalue weighted by Gasteiger charge is -2.30. The van der Waals surface area contributed by atoms with Gasteiger partial charge in [0.25, 0.3) is 0 Å². The van der Waals surface area contributed by atoms with Gasteiger partial charge < -0.3 is 0 Å². The van der Waals surface area contributed by atoms with Gasteiger partial charge in [-0.25, -0.2) is 0 Å². The Kier molecular flexibility index (Phi) is 4.07. The SMILES string of the molecule is CCc1nnc(C)cc1C(CC1CCC1)NN. The fourth-order valence-electron chi connectivity index (χ4n) is 2.46. The van der Waals surface area contributed by atoms with E-state index in [2.05, 4.69) is 28.6 Å². The molecule has 2 rings (SSSR count). The van der Waals surface area contributed by atoms with Crippen LogP contribution in [0.2, 0.25) is 0 Å². The van der Waals surface area contributed by atoms with E-state index < -0.39 is 0 Å². The molecule has 0 amide bonds. The first-order valence-corrected chi connectivity index (χ1v) is 6.53. The highest BCUT2D eigenvalue weighted by Gasteiger charge is 2.24. The third-order valence-corrected chi connectivity index (χ3v) is 3.73. The van der Waals surface area contributed by atoms with Crippen LogP contribution in [0.5, 0.6) is 0 Å². The molecule has 1 unspecified atom stereocenters. The summed E-state index contributed by atoms with van der Waals surface area (Å²) in [5.41, 5.74) is 6.21. The fraction of sp³-hybridized carbons (Fsp3) is 0.692. The Bertz CT molecular complexity index is 374. The van der Waals surface area contributed by atoms with Crippen molar-refractivity contribution in [3.63, 3.8) is 0 Å². The van der Waals surface area contributed by atoms with Crippen molar-refractivity contribution in [3.05, 3.63) is 23.0 Å².